The Bertz CT molecular complexity index is 73.8. The molecule has 0 bridgehead atoms. The van der Waals surface area contributed by atoms with Crippen LogP contribution in [0.1, 0.15) is 13.8 Å². The fourth-order valence-corrected chi connectivity index (χ4v) is 0.0577. The molecule has 0 aliphatic heterocycles. The fourth-order valence-electron chi connectivity index (χ4n) is 0.0577. The summed E-state index contributed by atoms with van der Waals surface area (Å²) in [5.41, 5.74) is 0. The van der Waals surface area contributed by atoms with E-state index in [2.05, 4.69) is 0 Å². The third-order valence-electron chi connectivity index (χ3n) is 0.421. The summed E-state index contributed by atoms with van der Waals surface area (Å²) in [5.74, 6) is 0.167. The average molecular weight is 150 g/mol. The molecule has 0 spiro atoms. The SMILES string of the molecule is CC(C)=O.OCC(O)CO. The molecule has 0 aliphatic carbocycles. The van der Waals surface area contributed by atoms with Gasteiger partial charge < -0.3 is 20.1 Å². The highest BCUT2D eigenvalue weighted by atomic mass is 16.3. The lowest BCUT2D eigenvalue weighted by molar-refractivity contribution is -0.114. The second-order valence-corrected chi connectivity index (χ2v) is 1.93. The fraction of sp³-hybridized carbons (Fsp3) is 0.833. The number of ketones is 1. The third kappa shape index (κ3) is 25.7. The van der Waals surface area contributed by atoms with Gasteiger partial charge in [0.05, 0.1) is 13.2 Å². The molecular formula is C6H14O4. The summed E-state index contributed by atoms with van der Waals surface area (Å²) in [6.07, 6.45) is -0.954. The molecular weight excluding hydrogens is 136 g/mol. The average Bonchev–Trinajstić information content (AvgIpc) is 1.85. The minimum absolute atomic E-state index is 0.167. The topological polar surface area (TPSA) is 77.8 Å². The molecule has 0 fully saturated rings. The van der Waals surface area contributed by atoms with Gasteiger partial charge in [-0.1, -0.05) is 0 Å². The third-order valence-corrected chi connectivity index (χ3v) is 0.421. The van der Waals surface area contributed by atoms with E-state index in [9.17, 15) is 4.79 Å². The van der Waals surface area contributed by atoms with Crippen LogP contribution in [0, 0.1) is 0 Å². The van der Waals surface area contributed by atoms with Crippen molar-refractivity contribution in [3.8, 4) is 0 Å². The van der Waals surface area contributed by atoms with Crippen molar-refractivity contribution < 1.29 is 20.1 Å². The van der Waals surface area contributed by atoms with Gasteiger partial charge in [-0.3, -0.25) is 0 Å². The number of aliphatic hydroxyl groups is 3. The van der Waals surface area contributed by atoms with Crippen LogP contribution >= 0.6 is 0 Å². The van der Waals surface area contributed by atoms with E-state index in [1.807, 2.05) is 0 Å². The highest BCUT2D eigenvalue weighted by molar-refractivity contribution is 5.72. The van der Waals surface area contributed by atoms with Crippen LogP contribution in [-0.4, -0.2) is 40.4 Å². The van der Waals surface area contributed by atoms with Crippen molar-refractivity contribution in [1.82, 2.24) is 0 Å². The van der Waals surface area contributed by atoms with Crippen LogP contribution in [0.5, 0.6) is 0 Å². The maximum atomic E-state index is 9.44. The Kier molecular flexibility index (Phi) is 10.5. The molecule has 0 aromatic heterocycles. The van der Waals surface area contributed by atoms with Crippen molar-refractivity contribution in [3.63, 3.8) is 0 Å². The molecule has 0 atom stereocenters. The normalized spacial score (nSPS) is 8.60. The second-order valence-electron chi connectivity index (χ2n) is 1.93. The number of carbonyl (C=O) groups excluding carboxylic acids is 1. The van der Waals surface area contributed by atoms with Crippen LogP contribution in [0.3, 0.4) is 0 Å². The monoisotopic (exact) mass is 150 g/mol. The second kappa shape index (κ2) is 8.55. The van der Waals surface area contributed by atoms with Gasteiger partial charge >= 0.3 is 0 Å². The van der Waals surface area contributed by atoms with Crippen LogP contribution in [0.15, 0.2) is 0 Å². The minimum Gasteiger partial charge on any atom is -0.394 e. The van der Waals surface area contributed by atoms with E-state index in [1.54, 1.807) is 0 Å². The molecule has 10 heavy (non-hydrogen) atoms. The molecule has 0 radical (unpaired) electrons. The molecule has 0 rings (SSSR count). The summed E-state index contributed by atoms with van der Waals surface area (Å²) in [7, 11) is 0. The molecule has 0 aromatic carbocycles. The summed E-state index contributed by atoms with van der Waals surface area (Å²) in [5, 5.41) is 24.0. The smallest absolute Gasteiger partial charge is 0.126 e. The van der Waals surface area contributed by atoms with Crippen LogP contribution in [0.2, 0.25) is 0 Å². The van der Waals surface area contributed by atoms with Crippen molar-refractivity contribution in [3.05, 3.63) is 0 Å². The van der Waals surface area contributed by atoms with Gasteiger partial charge in [-0.15, -0.1) is 0 Å². The highest BCUT2D eigenvalue weighted by Crippen LogP contribution is 1.71. The lowest BCUT2D eigenvalue weighted by Crippen LogP contribution is -2.15. The Balaban J connectivity index is 0. The molecule has 0 saturated heterocycles. The molecule has 0 unspecified atom stereocenters. The number of carbonyl (C=O) groups is 1. The molecule has 62 valence electrons. The Morgan fingerprint density at radius 2 is 1.50 bits per heavy atom. The summed E-state index contributed by atoms with van der Waals surface area (Å²) < 4.78 is 0. The van der Waals surface area contributed by atoms with E-state index in [1.165, 1.54) is 13.8 Å². The van der Waals surface area contributed by atoms with Crippen molar-refractivity contribution in [1.29, 1.82) is 0 Å². The molecule has 0 heterocycles. The van der Waals surface area contributed by atoms with Gasteiger partial charge in [0.1, 0.15) is 11.9 Å². The molecule has 3 N–H and O–H groups in total. The van der Waals surface area contributed by atoms with Gasteiger partial charge in [0.25, 0.3) is 0 Å². The Morgan fingerprint density at radius 1 is 1.30 bits per heavy atom. The summed E-state index contributed by atoms with van der Waals surface area (Å²) in [4.78, 5) is 9.44. The van der Waals surface area contributed by atoms with E-state index in [4.69, 9.17) is 15.3 Å². The number of hydrogen-bond donors (Lipinski definition) is 3. The Hall–Kier alpha value is -0.450. The lowest BCUT2D eigenvalue weighted by atomic mass is 10.4. The number of rotatable bonds is 2. The quantitative estimate of drug-likeness (QED) is 0.468. The molecule has 0 amide bonds. The van der Waals surface area contributed by atoms with Crippen molar-refractivity contribution in [2.75, 3.05) is 13.2 Å². The van der Waals surface area contributed by atoms with Crippen LogP contribution < -0.4 is 0 Å². The zero-order valence-corrected chi connectivity index (χ0v) is 6.24. The number of Topliss-reactive ketones (excluding diaryl/α,β-unsaturated/α-hetero) is 1. The summed E-state index contributed by atoms with van der Waals surface area (Å²) in [6, 6.07) is 0. The number of hydrogen-bond acceptors (Lipinski definition) is 4. The maximum absolute atomic E-state index is 9.44. The molecule has 0 saturated carbocycles. The first kappa shape index (κ1) is 12.2. The van der Waals surface area contributed by atoms with Gasteiger partial charge in [-0.2, -0.15) is 0 Å². The van der Waals surface area contributed by atoms with Gasteiger partial charge in [0.15, 0.2) is 0 Å². The zero-order chi connectivity index (χ0) is 8.57. The van der Waals surface area contributed by atoms with Crippen LogP contribution in [0.4, 0.5) is 0 Å². The van der Waals surface area contributed by atoms with Crippen molar-refractivity contribution in [2.24, 2.45) is 0 Å². The summed E-state index contributed by atoms with van der Waals surface area (Å²) >= 11 is 0. The Morgan fingerprint density at radius 3 is 1.50 bits per heavy atom. The highest BCUT2D eigenvalue weighted by Gasteiger charge is 1.93. The predicted octanol–water partition coefficient (Wildman–Crippen LogP) is -1.07. The first-order chi connectivity index (χ1) is 4.54. The predicted molar refractivity (Wildman–Crippen MR) is 36.5 cm³/mol. The van der Waals surface area contributed by atoms with E-state index in [0.717, 1.165) is 0 Å². The van der Waals surface area contributed by atoms with Gasteiger partial charge in [-0.05, 0) is 13.8 Å². The van der Waals surface area contributed by atoms with E-state index < -0.39 is 6.10 Å². The largest absolute Gasteiger partial charge is 0.394 e. The maximum Gasteiger partial charge on any atom is 0.126 e. The Labute approximate surface area is 60.1 Å². The first-order valence-electron chi connectivity index (χ1n) is 2.91. The van der Waals surface area contributed by atoms with Gasteiger partial charge in [0.2, 0.25) is 0 Å². The van der Waals surface area contributed by atoms with E-state index in [0.29, 0.717) is 0 Å². The van der Waals surface area contributed by atoms with E-state index >= 15 is 0 Å². The van der Waals surface area contributed by atoms with Gasteiger partial charge in [-0.25, -0.2) is 0 Å². The van der Waals surface area contributed by atoms with Crippen molar-refractivity contribution in [2.45, 2.75) is 20.0 Å². The van der Waals surface area contributed by atoms with E-state index in [-0.39, 0.29) is 19.0 Å². The molecule has 0 aromatic rings. The number of aliphatic hydroxyl groups excluding tert-OH is 3. The lowest BCUT2D eigenvalue weighted by Gasteiger charge is -1.96. The molecule has 0 aliphatic rings. The van der Waals surface area contributed by atoms with Gasteiger partial charge in [0, 0.05) is 0 Å². The van der Waals surface area contributed by atoms with Crippen LogP contribution in [0.25, 0.3) is 0 Å². The van der Waals surface area contributed by atoms with Crippen molar-refractivity contribution >= 4 is 5.78 Å². The summed E-state index contributed by atoms with van der Waals surface area (Å²) in [6.45, 7) is 2.33. The first-order valence-corrected chi connectivity index (χ1v) is 2.91. The van der Waals surface area contributed by atoms with Crippen LogP contribution in [-0.2, 0) is 4.79 Å². The molecule has 4 heteroatoms. The minimum atomic E-state index is -0.954. The molecule has 4 nitrogen and oxygen atoms in total. The standard InChI is InChI=1S/C3H8O3.C3H6O/c4-1-3(6)2-5;1-3(2)4/h3-6H,1-2H2;1-2H3. The zero-order valence-electron chi connectivity index (χ0n) is 6.24.